The Hall–Kier alpha value is -7.07. The Kier molecular flexibility index (Phi) is 14.7. The Labute approximate surface area is 385 Å². The number of nitro groups is 1. The molecule has 5 heterocycles. The molecule has 3 aliphatic rings. The second-order valence-corrected chi connectivity index (χ2v) is 17.2. The van der Waals surface area contributed by atoms with Crippen LogP contribution in [0.2, 0.25) is 0 Å². The van der Waals surface area contributed by atoms with Crippen LogP contribution in [0.3, 0.4) is 0 Å². The first-order chi connectivity index (χ1) is 32.0. The van der Waals surface area contributed by atoms with E-state index in [0.717, 1.165) is 16.0 Å². The molecule has 1 fully saturated rings. The number of benzene rings is 2. The zero-order valence-electron chi connectivity index (χ0n) is 38.1. The van der Waals surface area contributed by atoms with Crippen molar-refractivity contribution in [2.45, 2.75) is 45.7 Å². The Bertz CT molecular complexity index is 2650. The molecule has 2 aromatic carbocycles. The molecule has 21 heteroatoms. The molecule has 0 radical (unpaired) electrons. The van der Waals surface area contributed by atoms with Gasteiger partial charge in [0, 0.05) is 61.3 Å². The number of rotatable bonds is 22. The molecule has 3 aliphatic heterocycles. The van der Waals surface area contributed by atoms with Crippen molar-refractivity contribution in [3.63, 3.8) is 0 Å². The molecule has 0 saturated carbocycles. The van der Waals surface area contributed by atoms with Crippen molar-refractivity contribution in [1.82, 2.24) is 30.1 Å². The molecule has 0 spiro atoms. The summed E-state index contributed by atoms with van der Waals surface area (Å²) in [6.45, 7) is 7.13. The number of fused-ring (bicyclic) bond motifs is 2. The summed E-state index contributed by atoms with van der Waals surface area (Å²) >= 11 is 0. The monoisotopic (exact) mass is 923 g/mol. The SMILES string of the molecule is Cc1[nH]c(/C=C2\C(=O)Nc3ccc(CC[N+](C)(C)Cc4c([N+](=O)[O-])ncn4C)cc32)c(C)c1C(=O)NCCOCCOCCOCCNc1cccc2c1C(=O)N(C1CCC(=O)NC1=O)C2=O. The summed E-state index contributed by atoms with van der Waals surface area (Å²) in [5.74, 6) is -2.92. The number of hydrogen-bond acceptors (Lipinski definition) is 13. The van der Waals surface area contributed by atoms with E-state index in [2.05, 4.69) is 31.2 Å². The Balaban J connectivity index is 0.796. The van der Waals surface area contributed by atoms with Gasteiger partial charge in [0.25, 0.3) is 23.6 Å². The van der Waals surface area contributed by atoms with Gasteiger partial charge in [-0.1, -0.05) is 12.1 Å². The number of imidazole rings is 1. The molecule has 67 heavy (non-hydrogen) atoms. The lowest BCUT2D eigenvalue weighted by molar-refractivity contribution is -0.903. The lowest BCUT2D eigenvalue weighted by Crippen LogP contribution is -2.54. The minimum absolute atomic E-state index is 0.0434. The number of quaternary nitrogens is 1. The molecule has 1 saturated heterocycles. The highest BCUT2D eigenvalue weighted by Gasteiger charge is 2.45. The third-order valence-electron chi connectivity index (χ3n) is 12.0. The maximum Gasteiger partial charge on any atom is 0.390 e. The molecule has 5 N–H and O–H groups in total. The zero-order chi connectivity index (χ0) is 48.0. The summed E-state index contributed by atoms with van der Waals surface area (Å²) in [5.41, 5.74) is 6.78. The predicted octanol–water partition coefficient (Wildman–Crippen LogP) is 2.88. The van der Waals surface area contributed by atoms with Crippen molar-refractivity contribution in [2.24, 2.45) is 7.05 Å². The number of aryl methyl sites for hydroxylation is 2. The standard InChI is InChI=1S/C46H54N10O11/c1-27-35(24-32-31-23-29(9-10-33(31)51-42(32)58)13-16-56(4,5)25-37-41(55(63)64)49-26-53(37)3)50-28(2)39(27)44(60)48-15-18-66-20-22-67-21-19-65-17-14-47-34-8-6-7-30-40(34)46(62)54(45(30)61)36-11-12-38(57)52-43(36)59/h6-10,23-24,26,36H,11-22,25H2,1-5H3,(H4-,47,48,50,51,52,57,58,59,60,61,62)/p+1. The molecule has 354 valence electrons. The van der Waals surface area contributed by atoms with Gasteiger partial charge in [0.05, 0.1) is 82.5 Å². The average molecular weight is 924 g/mol. The van der Waals surface area contributed by atoms with Crippen LogP contribution in [0, 0.1) is 24.0 Å². The van der Waals surface area contributed by atoms with Crippen LogP contribution in [0.4, 0.5) is 17.2 Å². The predicted molar refractivity (Wildman–Crippen MR) is 244 cm³/mol. The smallest absolute Gasteiger partial charge is 0.382 e. The van der Waals surface area contributed by atoms with Crippen LogP contribution < -0.4 is 21.3 Å². The Morgan fingerprint density at radius 2 is 1.67 bits per heavy atom. The van der Waals surface area contributed by atoms with Crippen molar-refractivity contribution in [2.75, 3.05) is 84.0 Å². The second-order valence-electron chi connectivity index (χ2n) is 17.2. The number of anilines is 2. The number of likely N-dealkylation sites (N-methyl/N-ethyl adjacent to an activating group) is 1. The number of imide groups is 2. The number of ether oxygens (including phenoxy) is 3. The van der Waals surface area contributed by atoms with E-state index in [9.17, 15) is 38.9 Å². The van der Waals surface area contributed by atoms with Crippen molar-refractivity contribution >= 4 is 64.3 Å². The number of aromatic amines is 1. The zero-order valence-corrected chi connectivity index (χ0v) is 38.1. The van der Waals surface area contributed by atoms with Crippen molar-refractivity contribution in [1.29, 1.82) is 0 Å². The van der Waals surface area contributed by atoms with Crippen LogP contribution in [-0.2, 0) is 48.6 Å². The van der Waals surface area contributed by atoms with Crippen LogP contribution in [0.1, 0.15) is 77.7 Å². The van der Waals surface area contributed by atoms with E-state index in [-0.39, 0.29) is 61.4 Å². The lowest BCUT2D eigenvalue weighted by Gasteiger charge is -2.29. The van der Waals surface area contributed by atoms with Gasteiger partial charge < -0.3 is 54.3 Å². The van der Waals surface area contributed by atoms with E-state index < -0.39 is 34.6 Å². The molecule has 21 nitrogen and oxygen atoms in total. The van der Waals surface area contributed by atoms with Gasteiger partial charge in [-0.15, -0.1) is 0 Å². The van der Waals surface area contributed by atoms with Gasteiger partial charge in [-0.2, -0.15) is 0 Å². The topological polar surface area (TPSA) is 258 Å². The van der Waals surface area contributed by atoms with E-state index in [1.54, 1.807) is 36.7 Å². The number of piperidine rings is 1. The average Bonchev–Trinajstić information content (AvgIpc) is 3.97. The molecule has 0 aliphatic carbocycles. The fraction of sp³-hybridized carbons (Fsp3) is 0.413. The summed E-state index contributed by atoms with van der Waals surface area (Å²) < 4.78 is 19.0. The van der Waals surface area contributed by atoms with Gasteiger partial charge in [0.2, 0.25) is 18.1 Å². The van der Waals surface area contributed by atoms with Crippen molar-refractivity contribution < 1.29 is 52.4 Å². The van der Waals surface area contributed by atoms with Crippen molar-refractivity contribution in [3.05, 3.63) is 103 Å². The van der Waals surface area contributed by atoms with Gasteiger partial charge in [-0.3, -0.25) is 39.0 Å². The first-order valence-electron chi connectivity index (χ1n) is 22.0. The number of nitrogens with zero attached hydrogens (tertiary/aromatic N) is 5. The molecular formula is C46H55N10O11+. The third kappa shape index (κ3) is 10.8. The highest BCUT2D eigenvalue weighted by molar-refractivity contribution is 6.35. The van der Waals surface area contributed by atoms with Crippen LogP contribution in [0.25, 0.3) is 11.6 Å². The first kappa shape index (κ1) is 47.9. The summed E-state index contributed by atoms with van der Waals surface area (Å²) in [5, 5.41) is 22.7. The van der Waals surface area contributed by atoms with Crippen molar-refractivity contribution in [3.8, 4) is 0 Å². The van der Waals surface area contributed by atoms with Crippen LogP contribution in [-0.4, -0.2) is 144 Å². The maximum atomic E-state index is 13.3. The van der Waals surface area contributed by atoms with E-state index in [0.29, 0.717) is 102 Å². The van der Waals surface area contributed by atoms with Crippen LogP contribution in [0.15, 0.2) is 42.7 Å². The highest BCUT2D eigenvalue weighted by Crippen LogP contribution is 2.36. The number of carbonyl (C=O) groups excluding carboxylic acids is 6. The van der Waals surface area contributed by atoms with E-state index in [1.807, 2.05) is 39.2 Å². The molecule has 0 bridgehead atoms. The van der Waals surface area contributed by atoms with Crippen LogP contribution in [0.5, 0.6) is 0 Å². The fourth-order valence-electron chi connectivity index (χ4n) is 8.42. The molecule has 6 amide bonds. The fourth-order valence-corrected chi connectivity index (χ4v) is 8.42. The number of nitrogens with one attached hydrogen (secondary N) is 5. The van der Waals surface area contributed by atoms with Gasteiger partial charge in [0.1, 0.15) is 12.6 Å². The molecule has 2 aromatic heterocycles. The number of H-pyrrole nitrogens is 1. The van der Waals surface area contributed by atoms with E-state index in [1.165, 1.54) is 12.4 Å². The minimum atomic E-state index is -1.04. The van der Waals surface area contributed by atoms with Crippen LogP contribution >= 0.6 is 0 Å². The summed E-state index contributed by atoms with van der Waals surface area (Å²) in [4.78, 5) is 95.9. The van der Waals surface area contributed by atoms with Gasteiger partial charge in [-0.25, -0.2) is 0 Å². The lowest BCUT2D eigenvalue weighted by atomic mass is 10.0. The second kappa shape index (κ2) is 20.6. The normalized spacial score (nSPS) is 16.4. The minimum Gasteiger partial charge on any atom is -0.382 e. The quantitative estimate of drug-likeness (QED) is 0.0190. The Morgan fingerprint density at radius 3 is 2.39 bits per heavy atom. The summed E-state index contributed by atoms with van der Waals surface area (Å²) in [6.07, 6.45) is 4.01. The maximum absolute atomic E-state index is 13.3. The molecule has 1 unspecified atom stereocenters. The molecule has 7 rings (SSSR count). The Morgan fingerprint density at radius 1 is 0.955 bits per heavy atom. The summed E-state index contributed by atoms with van der Waals surface area (Å²) in [7, 11) is 5.77. The third-order valence-corrected chi connectivity index (χ3v) is 12.0. The largest absolute Gasteiger partial charge is 0.390 e. The number of hydrogen-bond donors (Lipinski definition) is 5. The molecular weight excluding hydrogens is 869 g/mol. The summed E-state index contributed by atoms with van der Waals surface area (Å²) in [6, 6.07) is 9.65. The van der Waals surface area contributed by atoms with E-state index >= 15 is 0 Å². The first-order valence-corrected chi connectivity index (χ1v) is 22.0. The molecule has 4 aromatic rings. The van der Waals surface area contributed by atoms with E-state index in [4.69, 9.17) is 14.2 Å². The molecule has 1 atom stereocenters. The number of amides is 6. The van der Waals surface area contributed by atoms with Gasteiger partial charge in [-0.05, 0) is 71.6 Å². The number of carbonyl (C=O) groups is 6. The van der Waals surface area contributed by atoms with Gasteiger partial charge >= 0.3 is 5.82 Å². The number of aromatic nitrogens is 3. The highest BCUT2D eigenvalue weighted by atomic mass is 16.6. The van der Waals surface area contributed by atoms with Gasteiger partial charge in [0.15, 0.2) is 5.69 Å².